The topological polar surface area (TPSA) is 78.4 Å². The molecule has 0 fully saturated rings. The highest BCUT2D eigenvalue weighted by molar-refractivity contribution is 5.89. The van der Waals surface area contributed by atoms with Crippen molar-refractivity contribution in [3.63, 3.8) is 0 Å². The molecule has 0 saturated carbocycles. The Labute approximate surface area is 106 Å². The van der Waals surface area contributed by atoms with E-state index in [0.29, 0.717) is 31.5 Å². The van der Waals surface area contributed by atoms with Gasteiger partial charge in [-0.1, -0.05) is 18.2 Å². The van der Waals surface area contributed by atoms with Crippen molar-refractivity contribution in [1.29, 1.82) is 0 Å². The minimum Gasteiger partial charge on any atom is -0.478 e. The zero-order valence-electron chi connectivity index (χ0n) is 10.4. The highest BCUT2D eigenvalue weighted by Crippen LogP contribution is 2.08. The molecule has 0 aromatic heterocycles. The van der Waals surface area contributed by atoms with Gasteiger partial charge in [0.05, 0.1) is 5.56 Å². The molecule has 0 heterocycles. The Morgan fingerprint density at radius 2 is 1.94 bits per heavy atom. The number of carboxylic acid groups (broad SMARTS) is 1. The molecule has 3 N–H and O–H groups in total. The van der Waals surface area contributed by atoms with Gasteiger partial charge in [0, 0.05) is 19.5 Å². The minimum atomic E-state index is -0.938. The van der Waals surface area contributed by atoms with Gasteiger partial charge in [0.15, 0.2) is 0 Å². The SMILES string of the molecule is CNCCC(=O)NCCc1ccccc1C(=O)O. The lowest BCUT2D eigenvalue weighted by Gasteiger charge is -2.07. The zero-order chi connectivity index (χ0) is 13.4. The van der Waals surface area contributed by atoms with Crippen LogP contribution in [0, 0.1) is 0 Å². The first-order chi connectivity index (χ1) is 8.65. The van der Waals surface area contributed by atoms with Gasteiger partial charge in [-0.15, -0.1) is 0 Å². The third-order valence-corrected chi connectivity index (χ3v) is 2.57. The number of carbonyl (C=O) groups is 2. The summed E-state index contributed by atoms with van der Waals surface area (Å²) in [5.74, 6) is -0.968. The average Bonchev–Trinajstić information content (AvgIpc) is 2.36. The summed E-state index contributed by atoms with van der Waals surface area (Å²) in [6, 6.07) is 6.83. The molecule has 0 aliphatic rings. The van der Waals surface area contributed by atoms with Crippen molar-refractivity contribution < 1.29 is 14.7 Å². The number of nitrogens with one attached hydrogen (secondary N) is 2. The number of benzene rings is 1. The Kier molecular flexibility index (Phi) is 5.87. The van der Waals surface area contributed by atoms with Crippen molar-refractivity contribution in [1.82, 2.24) is 10.6 Å². The van der Waals surface area contributed by atoms with Crippen LogP contribution < -0.4 is 10.6 Å². The van der Waals surface area contributed by atoms with E-state index in [1.807, 2.05) is 0 Å². The Hall–Kier alpha value is -1.88. The molecule has 0 aliphatic heterocycles. The summed E-state index contributed by atoms with van der Waals surface area (Å²) >= 11 is 0. The van der Waals surface area contributed by atoms with Gasteiger partial charge in [-0.05, 0) is 25.1 Å². The fraction of sp³-hybridized carbons (Fsp3) is 0.385. The summed E-state index contributed by atoms with van der Waals surface area (Å²) < 4.78 is 0. The fourth-order valence-electron chi connectivity index (χ4n) is 1.61. The number of carbonyl (C=O) groups excluding carboxylic acids is 1. The van der Waals surface area contributed by atoms with E-state index in [0.717, 1.165) is 5.56 Å². The van der Waals surface area contributed by atoms with E-state index < -0.39 is 5.97 Å². The number of carboxylic acids is 1. The molecule has 0 spiro atoms. The van der Waals surface area contributed by atoms with E-state index in [1.54, 1.807) is 31.3 Å². The van der Waals surface area contributed by atoms with Crippen molar-refractivity contribution in [2.75, 3.05) is 20.1 Å². The molecule has 18 heavy (non-hydrogen) atoms. The molecule has 0 saturated heterocycles. The predicted octanol–water partition coefficient (Wildman–Crippen LogP) is 0.653. The van der Waals surface area contributed by atoms with E-state index in [-0.39, 0.29) is 5.91 Å². The van der Waals surface area contributed by atoms with E-state index in [2.05, 4.69) is 10.6 Å². The molecule has 98 valence electrons. The molecule has 5 nitrogen and oxygen atoms in total. The second kappa shape index (κ2) is 7.45. The smallest absolute Gasteiger partial charge is 0.335 e. The van der Waals surface area contributed by atoms with Crippen LogP contribution in [0.25, 0.3) is 0 Å². The molecule has 1 aromatic rings. The first-order valence-corrected chi connectivity index (χ1v) is 5.87. The molecular formula is C13H18N2O3. The fourth-order valence-corrected chi connectivity index (χ4v) is 1.61. The van der Waals surface area contributed by atoms with Gasteiger partial charge in [0.1, 0.15) is 0 Å². The van der Waals surface area contributed by atoms with Gasteiger partial charge in [-0.25, -0.2) is 4.79 Å². The number of hydrogen-bond donors (Lipinski definition) is 3. The van der Waals surface area contributed by atoms with Gasteiger partial charge in [0.25, 0.3) is 0 Å². The normalized spacial score (nSPS) is 10.1. The molecule has 5 heteroatoms. The Morgan fingerprint density at radius 3 is 2.61 bits per heavy atom. The molecule has 0 radical (unpaired) electrons. The molecule has 1 rings (SSSR count). The molecule has 0 unspecified atom stereocenters. The standard InChI is InChI=1S/C13H18N2O3/c1-14-8-7-12(16)15-9-6-10-4-2-3-5-11(10)13(17)18/h2-5,14H,6-9H2,1H3,(H,15,16)(H,17,18). The molecule has 0 bridgehead atoms. The number of hydrogen-bond acceptors (Lipinski definition) is 3. The van der Waals surface area contributed by atoms with Gasteiger partial charge in [0.2, 0.25) is 5.91 Å². The van der Waals surface area contributed by atoms with Gasteiger partial charge >= 0.3 is 5.97 Å². The minimum absolute atomic E-state index is 0.0304. The van der Waals surface area contributed by atoms with Crippen LogP contribution in [0.4, 0.5) is 0 Å². The van der Waals surface area contributed by atoms with Crippen LogP contribution in [0.3, 0.4) is 0 Å². The van der Waals surface area contributed by atoms with Crippen LogP contribution in [-0.4, -0.2) is 37.1 Å². The van der Waals surface area contributed by atoms with E-state index >= 15 is 0 Å². The lowest BCUT2D eigenvalue weighted by Crippen LogP contribution is -2.28. The summed E-state index contributed by atoms with van der Waals surface area (Å²) in [5, 5.41) is 14.6. The van der Waals surface area contributed by atoms with Crippen molar-refractivity contribution in [2.45, 2.75) is 12.8 Å². The lowest BCUT2D eigenvalue weighted by atomic mass is 10.0. The van der Waals surface area contributed by atoms with Crippen LogP contribution in [0.5, 0.6) is 0 Å². The molecular weight excluding hydrogens is 232 g/mol. The molecule has 1 aromatic carbocycles. The zero-order valence-corrected chi connectivity index (χ0v) is 10.4. The third kappa shape index (κ3) is 4.55. The Bertz CT molecular complexity index is 418. The van der Waals surface area contributed by atoms with E-state index in [4.69, 9.17) is 5.11 Å². The number of amides is 1. The highest BCUT2D eigenvalue weighted by Gasteiger charge is 2.08. The van der Waals surface area contributed by atoms with E-state index in [1.165, 1.54) is 0 Å². The quantitative estimate of drug-likeness (QED) is 0.664. The maximum Gasteiger partial charge on any atom is 0.335 e. The second-order valence-corrected chi connectivity index (χ2v) is 3.92. The first kappa shape index (κ1) is 14.2. The monoisotopic (exact) mass is 250 g/mol. The molecule has 0 atom stereocenters. The summed E-state index contributed by atoms with van der Waals surface area (Å²) in [7, 11) is 1.79. The van der Waals surface area contributed by atoms with Crippen LogP contribution in [-0.2, 0) is 11.2 Å². The predicted molar refractivity (Wildman–Crippen MR) is 68.7 cm³/mol. The molecule has 0 aliphatic carbocycles. The largest absolute Gasteiger partial charge is 0.478 e. The van der Waals surface area contributed by atoms with Crippen LogP contribution >= 0.6 is 0 Å². The average molecular weight is 250 g/mol. The van der Waals surface area contributed by atoms with Gasteiger partial charge in [-0.3, -0.25) is 4.79 Å². The van der Waals surface area contributed by atoms with Crippen LogP contribution in [0.1, 0.15) is 22.3 Å². The second-order valence-electron chi connectivity index (χ2n) is 3.92. The maximum atomic E-state index is 11.3. The summed E-state index contributed by atoms with van der Waals surface area (Å²) in [6.45, 7) is 1.09. The van der Waals surface area contributed by atoms with E-state index in [9.17, 15) is 9.59 Å². The summed E-state index contributed by atoms with van der Waals surface area (Å²) in [5.41, 5.74) is 1.03. The lowest BCUT2D eigenvalue weighted by molar-refractivity contribution is -0.120. The summed E-state index contributed by atoms with van der Waals surface area (Å²) in [6.07, 6.45) is 0.949. The van der Waals surface area contributed by atoms with Crippen molar-refractivity contribution >= 4 is 11.9 Å². The molecule has 1 amide bonds. The Balaban J connectivity index is 2.44. The van der Waals surface area contributed by atoms with Crippen LogP contribution in [0.15, 0.2) is 24.3 Å². The number of aromatic carboxylic acids is 1. The maximum absolute atomic E-state index is 11.3. The summed E-state index contributed by atoms with van der Waals surface area (Å²) in [4.78, 5) is 22.3. The third-order valence-electron chi connectivity index (χ3n) is 2.57. The van der Waals surface area contributed by atoms with Crippen molar-refractivity contribution in [3.05, 3.63) is 35.4 Å². The first-order valence-electron chi connectivity index (χ1n) is 5.87. The van der Waals surface area contributed by atoms with Gasteiger partial charge in [-0.2, -0.15) is 0 Å². The number of rotatable bonds is 7. The van der Waals surface area contributed by atoms with Crippen LogP contribution in [0.2, 0.25) is 0 Å². The highest BCUT2D eigenvalue weighted by atomic mass is 16.4. The van der Waals surface area contributed by atoms with Crippen molar-refractivity contribution in [2.24, 2.45) is 0 Å². The Morgan fingerprint density at radius 1 is 1.22 bits per heavy atom. The van der Waals surface area contributed by atoms with Crippen molar-refractivity contribution in [3.8, 4) is 0 Å². The van der Waals surface area contributed by atoms with Gasteiger partial charge < -0.3 is 15.7 Å².